The van der Waals surface area contributed by atoms with Crippen LogP contribution >= 0.6 is 0 Å². The lowest BCUT2D eigenvalue weighted by molar-refractivity contribution is -0.197. The second kappa shape index (κ2) is 16.6. The molecule has 14 nitrogen and oxygen atoms in total. The van der Waals surface area contributed by atoms with Crippen LogP contribution in [0, 0.1) is 17.6 Å². The van der Waals surface area contributed by atoms with Gasteiger partial charge in [-0.25, -0.2) is 13.8 Å². The zero-order valence-electron chi connectivity index (χ0n) is 29.4. The Morgan fingerprint density at radius 2 is 1.72 bits per heavy atom. The van der Waals surface area contributed by atoms with Crippen LogP contribution in [-0.2, 0) is 35.3 Å². The number of amides is 2. The van der Waals surface area contributed by atoms with Gasteiger partial charge in [-0.15, -0.1) is 5.06 Å². The second-order valence-corrected chi connectivity index (χ2v) is 14.1. The molecule has 0 spiro atoms. The van der Waals surface area contributed by atoms with Crippen molar-refractivity contribution in [1.82, 2.24) is 19.9 Å². The van der Waals surface area contributed by atoms with E-state index in [1.54, 1.807) is 18.2 Å². The number of hydroxylamine groups is 2. The van der Waals surface area contributed by atoms with Gasteiger partial charge in [0.2, 0.25) is 0 Å². The summed E-state index contributed by atoms with van der Waals surface area (Å²) in [5.41, 5.74) is 0.570. The van der Waals surface area contributed by atoms with E-state index in [-0.39, 0.29) is 42.9 Å². The number of nitrogens with zero attached hydrogens (tertiary/aromatic N) is 4. The maximum absolute atomic E-state index is 15.3. The molecular weight excluding hydrogens is 694 g/mol. The third-order valence-electron chi connectivity index (χ3n) is 10.7. The van der Waals surface area contributed by atoms with E-state index < -0.39 is 35.0 Å². The first kappa shape index (κ1) is 36.7. The van der Waals surface area contributed by atoms with Crippen molar-refractivity contribution in [2.24, 2.45) is 5.92 Å². The molecular formula is C37H44F2N6O8. The van der Waals surface area contributed by atoms with Gasteiger partial charge in [-0.05, 0) is 82.2 Å². The first-order valence-electron chi connectivity index (χ1n) is 18.3. The predicted octanol–water partition coefficient (Wildman–Crippen LogP) is 3.67. The minimum atomic E-state index is -0.822. The topological polar surface area (TPSA) is 156 Å². The maximum Gasteiger partial charge on any atom is 0.321 e. The molecule has 5 heterocycles. The summed E-state index contributed by atoms with van der Waals surface area (Å²) in [7, 11) is 0. The summed E-state index contributed by atoms with van der Waals surface area (Å²) >= 11 is 0. The van der Waals surface area contributed by atoms with Crippen molar-refractivity contribution in [3.05, 3.63) is 58.1 Å². The Hall–Kier alpha value is -4.67. The number of aromatic nitrogens is 2. The van der Waals surface area contributed by atoms with E-state index in [4.69, 9.17) is 14.2 Å². The molecule has 7 rings (SSSR count). The fraction of sp³-hybridized carbons (Fsp3) is 0.541. The van der Waals surface area contributed by atoms with Gasteiger partial charge in [0.25, 0.3) is 17.4 Å². The number of imide groups is 1. The smallest absolute Gasteiger partial charge is 0.321 e. The minimum absolute atomic E-state index is 0.0159. The molecule has 1 aromatic heterocycles. The molecule has 0 bridgehead atoms. The van der Waals surface area contributed by atoms with Crippen molar-refractivity contribution in [1.29, 1.82) is 0 Å². The van der Waals surface area contributed by atoms with E-state index in [2.05, 4.69) is 25.0 Å². The van der Waals surface area contributed by atoms with Crippen molar-refractivity contribution in [3.63, 3.8) is 0 Å². The fourth-order valence-electron chi connectivity index (χ4n) is 7.71. The molecule has 4 aliphatic rings. The van der Waals surface area contributed by atoms with Gasteiger partial charge in [-0.2, -0.15) is 0 Å². The number of rotatable bonds is 12. The van der Waals surface area contributed by atoms with E-state index in [0.29, 0.717) is 72.9 Å². The lowest BCUT2D eigenvalue weighted by Crippen LogP contribution is -2.50. The van der Waals surface area contributed by atoms with Crippen molar-refractivity contribution in [2.75, 3.05) is 56.2 Å². The number of hydrogen-bond donors (Lipinski definition) is 2. The first-order valence-corrected chi connectivity index (χ1v) is 18.3. The molecule has 3 aromatic rings. The van der Waals surface area contributed by atoms with Crippen molar-refractivity contribution in [2.45, 2.75) is 76.2 Å². The number of fused-ring (bicyclic) bond motifs is 1. The number of hydrogen-bond acceptors (Lipinski definition) is 12. The zero-order valence-corrected chi connectivity index (χ0v) is 29.4. The van der Waals surface area contributed by atoms with Crippen molar-refractivity contribution < 1.29 is 42.2 Å². The van der Waals surface area contributed by atoms with Gasteiger partial charge >= 0.3 is 6.47 Å². The molecule has 4 aliphatic heterocycles. The van der Waals surface area contributed by atoms with Gasteiger partial charge in [0.05, 0.1) is 23.9 Å². The van der Waals surface area contributed by atoms with Crippen molar-refractivity contribution in [3.8, 4) is 5.75 Å². The van der Waals surface area contributed by atoms with Crippen LogP contribution in [0.3, 0.4) is 0 Å². The third-order valence-corrected chi connectivity index (χ3v) is 10.7. The Balaban J connectivity index is 0.866. The highest BCUT2D eigenvalue weighted by atomic mass is 19.1. The Bertz CT molecular complexity index is 1860. The summed E-state index contributed by atoms with van der Waals surface area (Å²) in [6, 6.07) is 7.16. The molecule has 2 amide bonds. The molecule has 2 aromatic carbocycles. The van der Waals surface area contributed by atoms with Crippen LogP contribution in [0.25, 0.3) is 10.9 Å². The summed E-state index contributed by atoms with van der Waals surface area (Å²) in [5.74, 6) is -1.41. The summed E-state index contributed by atoms with van der Waals surface area (Å²) in [6.07, 6.45) is 5.46. The van der Waals surface area contributed by atoms with E-state index in [1.165, 1.54) is 12.1 Å². The monoisotopic (exact) mass is 738 g/mol. The first-order chi connectivity index (χ1) is 25.7. The number of halogens is 2. The van der Waals surface area contributed by atoms with Crippen LogP contribution in [0.15, 0.2) is 35.1 Å². The number of H-pyrrole nitrogens is 1. The molecule has 4 fully saturated rings. The van der Waals surface area contributed by atoms with Gasteiger partial charge in [0, 0.05) is 56.6 Å². The number of aromatic amines is 1. The van der Waals surface area contributed by atoms with Crippen molar-refractivity contribution >= 4 is 40.6 Å². The van der Waals surface area contributed by atoms with E-state index in [1.807, 2.05) is 4.90 Å². The number of nitrogens with one attached hydrogen (secondary N) is 2. The Morgan fingerprint density at radius 3 is 2.45 bits per heavy atom. The number of piperidine rings is 3. The molecule has 0 saturated carbocycles. The number of likely N-dealkylation sites (tertiary alicyclic amines) is 1. The molecule has 53 heavy (non-hydrogen) atoms. The largest absolute Gasteiger partial charge is 0.493 e. The zero-order chi connectivity index (χ0) is 36.9. The number of benzene rings is 2. The van der Waals surface area contributed by atoms with Crippen LogP contribution in [0.2, 0.25) is 0 Å². The Morgan fingerprint density at radius 1 is 0.943 bits per heavy atom. The number of ether oxygens (including phenoxy) is 3. The standard InChI is InChI=1S/C37H44F2N6O8/c38-28-17-24(40-30-2-4-34(47)45(37(30)49)53-22-46)1-3-32(28)44-13-7-25(8-14-44)43-11-5-23(6-12-43)20-51-27-18-29(39)35-31(19-27)41-33(42-36(35)48)21-52-26-9-15-50-16-10-26/h1,3,17-19,22-23,25-26,30,40H,2,4-16,20-21H2,(H,41,42,48). The number of carbonyl (C=O) groups is 3. The van der Waals surface area contributed by atoms with Gasteiger partial charge in [-0.3, -0.25) is 19.2 Å². The second-order valence-electron chi connectivity index (χ2n) is 14.1. The van der Waals surface area contributed by atoms with Gasteiger partial charge in [-0.1, -0.05) is 0 Å². The highest BCUT2D eigenvalue weighted by Crippen LogP contribution is 2.31. The van der Waals surface area contributed by atoms with Gasteiger partial charge < -0.3 is 39.1 Å². The SMILES string of the molecule is O=CON1C(=O)CCC(Nc2ccc(N3CCC(N4CCC(COc5cc(F)c6c(=O)[nH]c(COC7CCOCC7)nc6c5)CC4)CC3)c(F)c2)C1=O. The molecule has 16 heteroatoms. The van der Waals surface area contributed by atoms with Crippen LogP contribution < -0.4 is 20.5 Å². The summed E-state index contributed by atoms with van der Waals surface area (Å²) < 4.78 is 47.6. The Labute approximate surface area is 304 Å². The van der Waals surface area contributed by atoms with Crippen LogP contribution in [-0.4, -0.2) is 102 Å². The predicted molar refractivity (Wildman–Crippen MR) is 188 cm³/mol. The lowest BCUT2D eigenvalue weighted by Gasteiger charge is -2.42. The summed E-state index contributed by atoms with van der Waals surface area (Å²) in [6.45, 7) is 5.08. The highest BCUT2D eigenvalue weighted by Gasteiger charge is 2.36. The van der Waals surface area contributed by atoms with Gasteiger partial charge in [0.1, 0.15) is 41.2 Å². The average Bonchev–Trinajstić information content (AvgIpc) is 3.16. The van der Waals surface area contributed by atoms with Gasteiger partial charge in [0.15, 0.2) is 0 Å². The average molecular weight is 739 g/mol. The molecule has 4 saturated heterocycles. The van der Waals surface area contributed by atoms with Crippen LogP contribution in [0.1, 0.15) is 57.2 Å². The summed E-state index contributed by atoms with van der Waals surface area (Å²) in [4.78, 5) is 63.9. The molecule has 0 radical (unpaired) electrons. The van der Waals surface area contributed by atoms with E-state index in [0.717, 1.165) is 51.6 Å². The normalized spacial score (nSPS) is 21.3. The third kappa shape index (κ3) is 8.60. The van der Waals surface area contributed by atoms with Crippen LogP contribution in [0.5, 0.6) is 5.75 Å². The molecule has 1 atom stereocenters. The number of anilines is 2. The van der Waals surface area contributed by atoms with Crippen LogP contribution in [0.4, 0.5) is 20.2 Å². The Kier molecular flexibility index (Phi) is 11.5. The molecule has 1 unspecified atom stereocenters. The maximum atomic E-state index is 15.3. The fourth-order valence-corrected chi connectivity index (χ4v) is 7.71. The molecule has 0 aliphatic carbocycles. The summed E-state index contributed by atoms with van der Waals surface area (Å²) in [5, 5.41) is 3.30. The quantitative estimate of drug-likeness (QED) is 0.206. The highest BCUT2D eigenvalue weighted by molar-refractivity contribution is 6.00. The van der Waals surface area contributed by atoms with E-state index in [9.17, 15) is 19.2 Å². The molecule has 2 N–H and O–H groups in total. The molecule has 284 valence electrons. The number of carbonyl (C=O) groups excluding carboxylic acids is 3. The lowest BCUT2D eigenvalue weighted by atomic mass is 9.94. The van der Waals surface area contributed by atoms with E-state index >= 15 is 8.78 Å². The minimum Gasteiger partial charge on any atom is -0.493 e.